The molecule has 0 aliphatic carbocycles. The van der Waals surface area contributed by atoms with Gasteiger partial charge in [-0.3, -0.25) is 0 Å². The Hall–Kier alpha value is -6.72. The Kier molecular flexibility index (Phi) is 6.01. The van der Waals surface area contributed by atoms with Crippen LogP contribution in [0.3, 0.4) is 0 Å². The van der Waals surface area contributed by atoms with Crippen molar-refractivity contribution in [1.29, 1.82) is 0 Å². The van der Waals surface area contributed by atoms with Crippen LogP contribution in [-0.4, -0.2) is 6.71 Å². The number of rotatable bonds is 4. The fraction of sp³-hybridized carbons (Fsp3) is 0. The molecular weight excluding hydrogens is 623 g/mol. The second kappa shape index (κ2) is 10.9. The molecule has 8 aromatic carbocycles. The van der Waals surface area contributed by atoms with Gasteiger partial charge in [-0.1, -0.05) is 84.9 Å². The van der Waals surface area contributed by atoms with Crippen LogP contribution in [-0.2, 0) is 0 Å². The third-order valence-electron chi connectivity index (χ3n) is 10.4. The highest BCUT2D eigenvalue weighted by Gasteiger charge is 2.42. The molecule has 0 fully saturated rings. The smallest absolute Gasteiger partial charge is 0.256 e. The van der Waals surface area contributed by atoms with Crippen molar-refractivity contribution in [2.45, 2.75) is 0 Å². The van der Waals surface area contributed by atoms with Gasteiger partial charge in [-0.05, 0) is 118 Å². The van der Waals surface area contributed by atoms with Gasteiger partial charge in [0.15, 0.2) is 0 Å². The molecule has 0 spiro atoms. The molecule has 0 amide bonds. The molecule has 238 valence electrons. The second-order valence-corrected chi connectivity index (χ2v) is 13.3. The second-order valence-electron chi connectivity index (χ2n) is 13.3. The first-order valence-electron chi connectivity index (χ1n) is 17.4. The van der Waals surface area contributed by atoms with Gasteiger partial charge in [0.1, 0.15) is 22.7 Å². The minimum Gasteiger partial charge on any atom is -0.458 e. The molecule has 0 atom stereocenters. The van der Waals surface area contributed by atoms with Gasteiger partial charge in [-0.15, -0.1) is 0 Å². The topological polar surface area (TPSA) is 28.9 Å². The molecule has 51 heavy (non-hydrogen) atoms. The first-order valence-corrected chi connectivity index (χ1v) is 17.4. The third-order valence-corrected chi connectivity index (χ3v) is 10.4. The molecule has 5 heteroatoms. The van der Waals surface area contributed by atoms with Gasteiger partial charge in [0.05, 0.1) is 0 Å². The van der Waals surface area contributed by atoms with E-state index in [0.29, 0.717) is 0 Å². The Bertz CT molecular complexity index is 2760. The fourth-order valence-corrected chi connectivity index (χ4v) is 8.23. The number of hydrogen-bond donors (Lipinski definition) is 0. The molecule has 3 heterocycles. The molecule has 2 aliphatic heterocycles. The van der Waals surface area contributed by atoms with Crippen molar-refractivity contribution in [2.24, 2.45) is 0 Å². The van der Waals surface area contributed by atoms with E-state index in [9.17, 15) is 0 Å². The van der Waals surface area contributed by atoms with E-state index >= 15 is 0 Å². The largest absolute Gasteiger partial charge is 0.458 e. The Labute approximate surface area is 295 Å². The molecule has 11 rings (SSSR count). The van der Waals surface area contributed by atoms with Gasteiger partial charge in [0.25, 0.3) is 6.71 Å². The summed E-state index contributed by atoms with van der Waals surface area (Å²) in [5, 5.41) is 4.42. The van der Waals surface area contributed by atoms with Gasteiger partial charge in [0, 0.05) is 44.9 Å². The van der Waals surface area contributed by atoms with Crippen LogP contribution < -0.4 is 30.9 Å². The summed E-state index contributed by atoms with van der Waals surface area (Å²) in [6.07, 6.45) is 0. The average molecular weight is 653 g/mol. The van der Waals surface area contributed by atoms with Crippen LogP contribution in [0, 0.1) is 0 Å². The molecular formula is C46H29BN2O2. The third kappa shape index (κ3) is 4.28. The number of fused-ring (bicyclic) bond motifs is 8. The lowest BCUT2D eigenvalue weighted by molar-refractivity contribution is 0.488. The van der Waals surface area contributed by atoms with Gasteiger partial charge in [0.2, 0.25) is 0 Å². The highest BCUT2D eigenvalue weighted by atomic mass is 16.5. The van der Waals surface area contributed by atoms with Crippen LogP contribution >= 0.6 is 0 Å². The number of furan rings is 1. The first kappa shape index (κ1) is 28.2. The van der Waals surface area contributed by atoms with Crippen molar-refractivity contribution in [3.05, 3.63) is 176 Å². The first-order chi connectivity index (χ1) is 25.3. The maximum atomic E-state index is 6.79. The summed E-state index contributed by atoms with van der Waals surface area (Å²) in [5.74, 6) is 1.77. The van der Waals surface area contributed by atoms with E-state index in [1.807, 2.05) is 0 Å². The molecule has 0 saturated heterocycles. The van der Waals surface area contributed by atoms with Crippen molar-refractivity contribution >= 4 is 89.9 Å². The Morgan fingerprint density at radius 2 is 1.12 bits per heavy atom. The van der Waals surface area contributed by atoms with E-state index in [-0.39, 0.29) is 6.71 Å². The minimum absolute atomic E-state index is 0.0114. The van der Waals surface area contributed by atoms with Crippen LogP contribution in [0.4, 0.5) is 34.1 Å². The number of nitrogens with zero attached hydrogens (tertiary/aromatic N) is 2. The van der Waals surface area contributed by atoms with E-state index < -0.39 is 0 Å². The van der Waals surface area contributed by atoms with Gasteiger partial charge < -0.3 is 19.0 Å². The normalized spacial score (nSPS) is 12.8. The van der Waals surface area contributed by atoms with Crippen LogP contribution in [0.1, 0.15) is 0 Å². The highest BCUT2D eigenvalue weighted by molar-refractivity contribution is 6.99. The van der Waals surface area contributed by atoms with E-state index in [0.717, 1.165) is 78.1 Å². The maximum Gasteiger partial charge on any atom is 0.256 e. The Morgan fingerprint density at radius 3 is 1.90 bits per heavy atom. The Morgan fingerprint density at radius 1 is 0.451 bits per heavy atom. The molecule has 0 N–H and O–H groups in total. The quantitative estimate of drug-likeness (QED) is 0.177. The number of benzene rings is 8. The van der Waals surface area contributed by atoms with E-state index in [1.165, 1.54) is 16.6 Å². The lowest BCUT2D eigenvalue weighted by Crippen LogP contribution is -2.59. The number of anilines is 6. The van der Waals surface area contributed by atoms with Crippen molar-refractivity contribution in [3.63, 3.8) is 0 Å². The van der Waals surface area contributed by atoms with Crippen molar-refractivity contribution in [2.75, 3.05) is 9.80 Å². The molecule has 1 aromatic heterocycles. The maximum absolute atomic E-state index is 6.79. The summed E-state index contributed by atoms with van der Waals surface area (Å²) in [4.78, 5) is 4.65. The SMILES string of the molecule is c1ccc(N(c2ccccc2)c2ccc3cc4c(cc3c2)oc2cc3c(cc24)Oc2cccc4c2B3c2ccccc2N4c2ccccc2)cc1. The minimum atomic E-state index is 0.0114. The standard InChI is InChI=1S/C46H29BN2O2/c1-4-13-32(14-5-1)48(33-15-6-2-7-16-33)35-24-23-30-26-36-37-28-45-39(29-44(37)51-43(36)27-31(30)25-35)47-38-19-10-11-20-40(38)49(34-17-8-3-9-18-34)41-21-12-22-42(50-45)46(41)47/h1-29H. The average Bonchev–Trinajstić information content (AvgIpc) is 3.53. The zero-order valence-corrected chi connectivity index (χ0v) is 27.5. The highest BCUT2D eigenvalue weighted by Crippen LogP contribution is 2.43. The summed E-state index contributed by atoms with van der Waals surface area (Å²) in [7, 11) is 0. The predicted octanol–water partition coefficient (Wildman–Crippen LogP) is 10.6. The monoisotopic (exact) mass is 652 g/mol. The summed E-state index contributed by atoms with van der Waals surface area (Å²) in [6, 6.07) is 62.3. The fourth-order valence-electron chi connectivity index (χ4n) is 8.23. The summed E-state index contributed by atoms with van der Waals surface area (Å²) < 4.78 is 13.5. The van der Waals surface area contributed by atoms with E-state index in [1.54, 1.807) is 0 Å². The molecule has 0 saturated carbocycles. The molecule has 0 unspecified atom stereocenters. The zero-order valence-electron chi connectivity index (χ0n) is 27.5. The molecule has 4 nitrogen and oxygen atoms in total. The molecule has 0 bridgehead atoms. The molecule has 0 radical (unpaired) electrons. The van der Waals surface area contributed by atoms with E-state index in [4.69, 9.17) is 9.15 Å². The van der Waals surface area contributed by atoms with Crippen molar-refractivity contribution in [3.8, 4) is 11.5 Å². The lowest BCUT2D eigenvalue weighted by atomic mass is 9.34. The van der Waals surface area contributed by atoms with Gasteiger partial charge >= 0.3 is 0 Å². The van der Waals surface area contributed by atoms with Crippen LogP contribution in [0.2, 0.25) is 0 Å². The molecule has 9 aromatic rings. The van der Waals surface area contributed by atoms with Crippen LogP contribution in [0.25, 0.3) is 32.7 Å². The number of ether oxygens (including phenoxy) is 1. The van der Waals surface area contributed by atoms with Crippen LogP contribution in [0.15, 0.2) is 180 Å². The van der Waals surface area contributed by atoms with Gasteiger partial charge in [-0.2, -0.15) is 0 Å². The molecule has 2 aliphatic rings. The van der Waals surface area contributed by atoms with Crippen molar-refractivity contribution in [1.82, 2.24) is 0 Å². The number of hydrogen-bond acceptors (Lipinski definition) is 4. The summed E-state index contributed by atoms with van der Waals surface area (Å²) >= 11 is 0. The lowest BCUT2D eigenvalue weighted by Gasteiger charge is -2.39. The zero-order chi connectivity index (χ0) is 33.5. The Balaban J connectivity index is 1.07. The summed E-state index contributed by atoms with van der Waals surface area (Å²) in [6.45, 7) is 0.0114. The van der Waals surface area contributed by atoms with Crippen molar-refractivity contribution < 1.29 is 9.15 Å². The van der Waals surface area contributed by atoms with Crippen LogP contribution in [0.5, 0.6) is 11.5 Å². The predicted molar refractivity (Wildman–Crippen MR) is 212 cm³/mol. The van der Waals surface area contributed by atoms with E-state index in [2.05, 4.69) is 186 Å². The summed E-state index contributed by atoms with van der Waals surface area (Å²) in [5.41, 5.74) is 12.0. The number of para-hydroxylation sites is 4. The van der Waals surface area contributed by atoms with Gasteiger partial charge in [-0.25, -0.2) is 0 Å².